The van der Waals surface area contributed by atoms with Crippen LogP contribution < -0.4 is 15.4 Å². The van der Waals surface area contributed by atoms with Gasteiger partial charge in [-0.25, -0.2) is 4.99 Å². The summed E-state index contributed by atoms with van der Waals surface area (Å²) >= 11 is 0. The van der Waals surface area contributed by atoms with Crippen LogP contribution >= 0.6 is 0 Å². The maximum absolute atomic E-state index is 12.0. The topological polar surface area (TPSA) is 69.2 Å². The third-order valence-electron chi connectivity index (χ3n) is 6.09. The minimum Gasteiger partial charge on any atom is -0.497 e. The molecule has 1 aromatic rings. The van der Waals surface area contributed by atoms with Crippen molar-refractivity contribution in [2.45, 2.75) is 44.7 Å². The van der Waals surface area contributed by atoms with Crippen LogP contribution in [0.4, 0.5) is 0 Å². The summed E-state index contributed by atoms with van der Waals surface area (Å²) < 4.78 is 5.22. The van der Waals surface area contributed by atoms with Gasteiger partial charge >= 0.3 is 0 Å². The highest BCUT2D eigenvalue weighted by Crippen LogP contribution is 2.26. The number of carbonyl (C=O) groups excluding carboxylic acids is 1. The number of hydrogen-bond acceptors (Lipinski definition) is 4. The normalized spacial score (nSPS) is 20.4. The number of likely N-dealkylation sites (N-methyl/N-ethyl adjacent to an activating group) is 1. The molecule has 1 aliphatic heterocycles. The van der Waals surface area contributed by atoms with Crippen LogP contribution in [0.3, 0.4) is 0 Å². The van der Waals surface area contributed by atoms with Gasteiger partial charge in [0.1, 0.15) is 5.75 Å². The summed E-state index contributed by atoms with van der Waals surface area (Å²) in [5, 5.41) is 6.77. The molecule has 1 aliphatic carbocycles. The van der Waals surface area contributed by atoms with E-state index >= 15 is 0 Å². The van der Waals surface area contributed by atoms with Crippen molar-refractivity contribution in [3.8, 4) is 5.75 Å². The summed E-state index contributed by atoms with van der Waals surface area (Å²) in [5.41, 5.74) is 1.10. The van der Waals surface area contributed by atoms with Gasteiger partial charge < -0.3 is 25.2 Å². The lowest BCUT2D eigenvalue weighted by Crippen LogP contribution is -2.47. The second kappa shape index (κ2) is 11.2. The molecule has 2 N–H and O–H groups in total. The van der Waals surface area contributed by atoms with E-state index in [1.807, 2.05) is 24.3 Å². The first-order valence-electron chi connectivity index (χ1n) is 11.1. The molecule has 2 aliphatic rings. The first-order valence-corrected chi connectivity index (χ1v) is 11.1. The monoisotopic (exact) mass is 415 g/mol. The van der Waals surface area contributed by atoms with Gasteiger partial charge in [0.2, 0.25) is 5.91 Å². The Morgan fingerprint density at radius 3 is 2.60 bits per heavy atom. The summed E-state index contributed by atoms with van der Waals surface area (Å²) in [6.07, 6.45) is 6.67. The molecule has 7 heteroatoms. The predicted molar refractivity (Wildman–Crippen MR) is 121 cm³/mol. The van der Waals surface area contributed by atoms with Crippen molar-refractivity contribution in [3.05, 3.63) is 29.8 Å². The van der Waals surface area contributed by atoms with Crippen molar-refractivity contribution in [1.29, 1.82) is 0 Å². The van der Waals surface area contributed by atoms with Crippen LogP contribution in [0.1, 0.15) is 37.7 Å². The molecule has 1 aromatic carbocycles. The molecule has 1 amide bonds. The quantitative estimate of drug-likeness (QED) is 0.503. The Hall–Kier alpha value is -2.28. The Labute approximate surface area is 180 Å². The number of nitrogens with zero attached hydrogens (tertiary/aromatic N) is 3. The number of carbonyl (C=O) groups is 1. The minimum absolute atomic E-state index is 0.0308. The van der Waals surface area contributed by atoms with E-state index in [1.54, 1.807) is 26.1 Å². The number of likely N-dealkylation sites (tertiary alicyclic amines) is 1. The second-order valence-electron chi connectivity index (χ2n) is 8.69. The summed E-state index contributed by atoms with van der Waals surface area (Å²) in [6, 6.07) is 8.29. The van der Waals surface area contributed by atoms with Crippen molar-refractivity contribution >= 4 is 11.9 Å². The smallest absolute Gasteiger partial charge is 0.241 e. The Morgan fingerprint density at radius 2 is 1.93 bits per heavy atom. The van der Waals surface area contributed by atoms with Gasteiger partial charge in [-0.2, -0.15) is 0 Å². The molecule has 1 saturated carbocycles. The van der Waals surface area contributed by atoms with Crippen LogP contribution in [0.15, 0.2) is 29.3 Å². The van der Waals surface area contributed by atoms with E-state index in [1.165, 1.54) is 32.2 Å². The Morgan fingerprint density at radius 1 is 1.20 bits per heavy atom. The van der Waals surface area contributed by atoms with Gasteiger partial charge in [-0.05, 0) is 42.9 Å². The molecule has 2 fully saturated rings. The Bertz CT molecular complexity index is 698. The van der Waals surface area contributed by atoms with Gasteiger partial charge in [0.05, 0.1) is 20.2 Å². The van der Waals surface area contributed by atoms with Crippen LogP contribution in [0.5, 0.6) is 5.75 Å². The number of hydrogen-bond donors (Lipinski definition) is 2. The second-order valence-corrected chi connectivity index (χ2v) is 8.69. The zero-order valence-electron chi connectivity index (χ0n) is 18.7. The number of amides is 1. The molecule has 0 spiro atoms. The van der Waals surface area contributed by atoms with Crippen LogP contribution in [0.2, 0.25) is 0 Å². The number of ether oxygens (including phenoxy) is 1. The van der Waals surface area contributed by atoms with Crippen molar-refractivity contribution in [1.82, 2.24) is 20.4 Å². The summed E-state index contributed by atoms with van der Waals surface area (Å²) in [5.74, 6) is 2.45. The summed E-state index contributed by atoms with van der Waals surface area (Å²) in [7, 11) is 5.20. The molecule has 1 unspecified atom stereocenters. The minimum atomic E-state index is 0.0308. The van der Waals surface area contributed by atoms with Gasteiger partial charge in [-0.15, -0.1) is 0 Å². The van der Waals surface area contributed by atoms with E-state index in [2.05, 4.69) is 15.5 Å². The van der Waals surface area contributed by atoms with Crippen molar-refractivity contribution in [2.75, 3.05) is 47.4 Å². The van der Waals surface area contributed by atoms with Crippen LogP contribution in [-0.2, 0) is 11.3 Å². The lowest BCUT2D eigenvalue weighted by molar-refractivity contribution is -0.127. The van der Waals surface area contributed by atoms with Gasteiger partial charge in [-0.1, -0.05) is 25.0 Å². The lowest BCUT2D eigenvalue weighted by Gasteiger charge is -2.21. The van der Waals surface area contributed by atoms with Crippen molar-refractivity contribution in [3.63, 3.8) is 0 Å². The molecule has 3 rings (SSSR count). The average molecular weight is 416 g/mol. The lowest BCUT2D eigenvalue weighted by atomic mass is 10.1. The standard InChI is InChI=1S/C23H37N5O2/c1-27(2)22(29)15-25-23(24-14-18-8-10-21(30-3)11-9-18)26-20-12-13-28(17-20)16-19-6-4-5-7-19/h8-11,19-20H,4-7,12-17H2,1-3H3,(H2,24,25,26). The SMILES string of the molecule is COc1ccc(CN=C(NCC(=O)N(C)C)NC2CCN(CC3CCCC3)C2)cc1. The van der Waals surface area contributed by atoms with E-state index in [0.29, 0.717) is 18.5 Å². The summed E-state index contributed by atoms with van der Waals surface area (Å²) in [4.78, 5) is 20.9. The maximum Gasteiger partial charge on any atom is 0.241 e. The molecule has 7 nitrogen and oxygen atoms in total. The molecule has 166 valence electrons. The average Bonchev–Trinajstić information content (AvgIpc) is 3.42. The molecule has 1 atom stereocenters. The van der Waals surface area contributed by atoms with E-state index in [0.717, 1.165) is 36.7 Å². The molecule has 0 aromatic heterocycles. The fourth-order valence-corrected chi connectivity index (χ4v) is 4.24. The van der Waals surface area contributed by atoms with E-state index in [4.69, 9.17) is 9.73 Å². The first kappa shape index (κ1) is 22.4. The summed E-state index contributed by atoms with van der Waals surface area (Å²) in [6.45, 7) is 4.19. The van der Waals surface area contributed by atoms with Crippen molar-refractivity contribution in [2.24, 2.45) is 10.9 Å². The zero-order valence-corrected chi connectivity index (χ0v) is 18.7. The highest BCUT2D eigenvalue weighted by Gasteiger charge is 2.26. The third-order valence-corrected chi connectivity index (χ3v) is 6.09. The van der Waals surface area contributed by atoms with Gasteiger partial charge in [0, 0.05) is 39.8 Å². The first-order chi connectivity index (χ1) is 14.5. The van der Waals surface area contributed by atoms with Crippen molar-refractivity contribution < 1.29 is 9.53 Å². The molecule has 0 bridgehead atoms. The van der Waals surface area contributed by atoms with Gasteiger partial charge in [0.15, 0.2) is 5.96 Å². The number of nitrogens with one attached hydrogen (secondary N) is 2. The number of methoxy groups -OCH3 is 1. The van der Waals surface area contributed by atoms with E-state index in [9.17, 15) is 4.79 Å². The molecule has 30 heavy (non-hydrogen) atoms. The van der Waals surface area contributed by atoms with E-state index in [-0.39, 0.29) is 12.5 Å². The highest BCUT2D eigenvalue weighted by atomic mass is 16.5. The number of aliphatic imine (C=N–C) groups is 1. The number of guanidine groups is 1. The maximum atomic E-state index is 12.0. The van der Waals surface area contributed by atoms with Crippen LogP contribution in [-0.4, -0.2) is 75.1 Å². The Kier molecular flexibility index (Phi) is 8.37. The van der Waals surface area contributed by atoms with Crippen LogP contribution in [0, 0.1) is 5.92 Å². The highest BCUT2D eigenvalue weighted by molar-refractivity contribution is 5.86. The fraction of sp³-hybridized carbons (Fsp3) is 0.652. The third kappa shape index (κ3) is 6.90. The molecular formula is C23H37N5O2. The molecule has 0 radical (unpaired) electrons. The molecule has 1 saturated heterocycles. The molecular weight excluding hydrogens is 378 g/mol. The number of rotatable bonds is 8. The number of benzene rings is 1. The van der Waals surface area contributed by atoms with Gasteiger partial charge in [-0.3, -0.25) is 4.79 Å². The largest absolute Gasteiger partial charge is 0.497 e. The zero-order chi connectivity index (χ0) is 21.3. The fourth-order valence-electron chi connectivity index (χ4n) is 4.24. The Balaban J connectivity index is 1.56. The van der Waals surface area contributed by atoms with E-state index < -0.39 is 0 Å². The van der Waals surface area contributed by atoms with Gasteiger partial charge in [0.25, 0.3) is 0 Å². The molecule has 1 heterocycles. The predicted octanol–water partition coefficient (Wildman–Crippen LogP) is 2.08. The van der Waals surface area contributed by atoms with Crippen LogP contribution in [0.25, 0.3) is 0 Å².